The Hall–Kier alpha value is 2.96. The molecule has 0 unspecified atom stereocenters. The van der Waals surface area contributed by atoms with Crippen LogP contribution < -0.4 is 320 Å². The normalized spacial score (nSPS) is 11.2. The number of alkyl halides is 1. The third-order valence-electron chi connectivity index (χ3n) is 7.26. The van der Waals surface area contributed by atoms with E-state index in [1.54, 1.807) is 19.4 Å². The summed E-state index contributed by atoms with van der Waals surface area (Å²) in [5.74, 6) is 3.16. The predicted octanol–water partition coefficient (Wildman–Crippen LogP) is -11.1. The number of hydrogen-bond acceptors (Lipinski definition) is 18. The Kier molecular flexibility index (Phi) is 51.1. The van der Waals surface area contributed by atoms with Gasteiger partial charge < -0.3 is 70.9 Å². The van der Waals surface area contributed by atoms with Gasteiger partial charge in [0.2, 0.25) is 5.43 Å². The molecule has 4 aromatic heterocycles. The van der Waals surface area contributed by atoms with Crippen molar-refractivity contribution in [1.82, 2.24) is 19.9 Å². The van der Waals surface area contributed by atoms with Gasteiger partial charge in [-0.05, 0) is 49.7 Å². The van der Waals surface area contributed by atoms with E-state index >= 15 is 0 Å². The first-order valence-corrected chi connectivity index (χ1v) is 18.2. The summed E-state index contributed by atoms with van der Waals surface area (Å²) < 4.78 is 24.8. The van der Waals surface area contributed by atoms with E-state index in [0.717, 1.165) is 12.5 Å². The number of aliphatic hydroxyl groups is 4. The van der Waals surface area contributed by atoms with Gasteiger partial charge >= 0.3 is 276 Å². The minimum Gasteiger partial charge on any atom is -1.00 e. The maximum Gasteiger partial charge on any atom is 1.00 e. The van der Waals surface area contributed by atoms with Crippen LogP contribution in [0.5, 0.6) is 40.2 Å². The van der Waals surface area contributed by atoms with Crippen molar-refractivity contribution in [2.45, 2.75) is 52.1 Å². The third kappa shape index (κ3) is 32.4. The van der Waals surface area contributed by atoms with Gasteiger partial charge in [-0.25, -0.2) is 0 Å². The van der Waals surface area contributed by atoms with Gasteiger partial charge in [0.1, 0.15) is 11.5 Å². The maximum atomic E-state index is 11.0. The average molecular weight is 1400 g/mol. The van der Waals surface area contributed by atoms with Crippen LogP contribution >= 0.6 is 15.9 Å². The fraction of sp³-hybridized carbons (Fsp3) is 0.432. The fourth-order valence-electron chi connectivity index (χ4n) is 3.74. The van der Waals surface area contributed by atoms with Crippen LogP contribution in [0.4, 0.5) is 0 Å². The zero-order valence-electron chi connectivity index (χ0n) is 36.9. The van der Waals surface area contributed by atoms with Crippen LogP contribution in [-0.2, 0) is 36.1 Å². The summed E-state index contributed by atoms with van der Waals surface area (Å²) in [6.45, 7) is -0.146. The fourth-order valence-corrected chi connectivity index (χ4v) is 4.39. The molecule has 24 heteroatoms. The van der Waals surface area contributed by atoms with E-state index < -0.39 is 0 Å². The number of pyridine rings is 4. The molecule has 2 aliphatic carbocycles. The minimum absolute atomic E-state index is 0. The number of aromatic amines is 1. The van der Waals surface area contributed by atoms with Gasteiger partial charge in [0.15, 0.2) is 17.2 Å². The van der Waals surface area contributed by atoms with Gasteiger partial charge in [0, 0.05) is 29.4 Å². The summed E-state index contributed by atoms with van der Waals surface area (Å²) in [7, 11) is 5.80. The number of carbonyl (C=O) groups is 1. The van der Waals surface area contributed by atoms with E-state index in [-0.39, 0.29) is 344 Å². The second-order valence-electron chi connectivity index (χ2n) is 11.5. The molecule has 19 nitrogen and oxygen atoms in total. The summed E-state index contributed by atoms with van der Waals surface area (Å²) in [5.41, 5.74) is 1.57. The van der Waals surface area contributed by atoms with Gasteiger partial charge in [-0.3, -0.25) is 24.5 Å². The molecule has 318 valence electrons. The Labute approximate surface area is 600 Å². The van der Waals surface area contributed by atoms with Gasteiger partial charge in [-0.1, -0.05) is 27.4 Å². The molecule has 0 saturated heterocycles. The smallest absolute Gasteiger partial charge is 1.00 e. The number of methoxy groups -OCH3 is 4. The van der Waals surface area contributed by atoms with E-state index in [0.29, 0.717) is 40.2 Å². The van der Waals surface area contributed by atoms with Crippen LogP contribution in [0.1, 0.15) is 49.9 Å². The molecule has 2 aliphatic rings. The Morgan fingerprint density at radius 2 is 1.10 bits per heavy atom. The quantitative estimate of drug-likeness (QED) is 0.0360. The number of rotatable bonds is 13. The Morgan fingerprint density at radius 1 is 0.689 bits per heavy atom. The number of H-pyrrole nitrogens is 1. The van der Waals surface area contributed by atoms with E-state index in [1.807, 2.05) is 0 Å². The first-order chi connectivity index (χ1) is 27.5. The molecule has 0 aromatic carbocycles. The molecule has 6 rings (SSSR count). The molecule has 2 saturated carbocycles. The average Bonchev–Trinajstić information content (AvgIpc) is 4.20. The van der Waals surface area contributed by atoms with E-state index in [4.69, 9.17) is 44.7 Å². The molecule has 4 aromatic rings. The van der Waals surface area contributed by atoms with Crippen LogP contribution in [0.15, 0.2) is 53.8 Å². The second kappa shape index (κ2) is 44.2. The SMILES string of the molecule is BrCC1CC1.COc1c[nH]c(CO)cc1=O.COc1cnc(CO)cc1OCC1CC1.COc1cnc(CO)cc1[O-].COc1cnc(CO)cc1[O-].O=CO[O-].[Cs+].[Cs+].[Cs+].[Cs+].[H-]. The Bertz CT molecular complexity index is 1750. The zero-order valence-corrected chi connectivity index (χ0v) is 62.6. The molecule has 0 bridgehead atoms. The van der Waals surface area contributed by atoms with Gasteiger partial charge in [-0.2, -0.15) is 0 Å². The van der Waals surface area contributed by atoms with Gasteiger partial charge in [0.05, 0.1) is 97.1 Å². The van der Waals surface area contributed by atoms with Gasteiger partial charge in [0.25, 0.3) is 6.47 Å². The maximum absolute atomic E-state index is 11.0. The van der Waals surface area contributed by atoms with Crippen molar-refractivity contribution in [3.05, 3.63) is 82.1 Å². The van der Waals surface area contributed by atoms with Crippen molar-refractivity contribution >= 4 is 22.4 Å². The molecular formula is C37H49BrCs4N4O15. The molecule has 0 aliphatic heterocycles. The molecule has 2 fully saturated rings. The Morgan fingerprint density at radius 3 is 1.39 bits per heavy atom. The summed E-state index contributed by atoms with van der Waals surface area (Å²) in [5, 5.41) is 66.3. The van der Waals surface area contributed by atoms with Crippen molar-refractivity contribution in [2.75, 3.05) is 40.4 Å². The molecule has 4 heterocycles. The number of halogens is 1. The number of ether oxygens (including phenoxy) is 5. The van der Waals surface area contributed by atoms with Crippen LogP contribution in [0.25, 0.3) is 0 Å². The minimum atomic E-state index is -0.258. The topological polar surface area (TPSA) is 294 Å². The molecule has 0 amide bonds. The summed E-state index contributed by atoms with van der Waals surface area (Å²) in [6.07, 6.45) is 11.0. The Balaban J connectivity index is -0.000000214. The van der Waals surface area contributed by atoms with Crippen molar-refractivity contribution in [3.8, 4) is 40.2 Å². The first-order valence-electron chi connectivity index (χ1n) is 17.0. The second-order valence-corrected chi connectivity index (χ2v) is 12.2. The number of hydrogen-bond donors (Lipinski definition) is 5. The van der Waals surface area contributed by atoms with E-state index in [2.05, 4.69) is 50.2 Å². The van der Waals surface area contributed by atoms with Crippen molar-refractivity contribution in [3.63, 3.8) is 0 Å². The summed E-state index contributed by atoms with van der Waals surface area (Å²) >= 11 is 3.38. The molecule has 5 N–H and O–H groups in total. The van der Waals surface area contributed by atoms with Crippen molar-refractivity contribution in [1.29, 1.82) is 0 Å². The molecule has 61 heavy (non-hydrogen) atoms. The number of aliphatic hydroxyl groups excluding tert-OH is 4. The zero-order chi connectivity index (χ0) is 42.6. The molecular weight excluding hydrogens is 1350 g/mol. The van der Waals surface area contributed by atoms with E-state index in [9.17, 15) is 15.0 Å². The van der Waals surface area contributed by atoms with Crippen LogP contribution in [0.3, 0.4) is 0 Å². The van der Waals surface area contributed by atoms with Gasteiger partial charge in [-0.15, -0.1) is 0 Å². The van der Waals surface area contributed by atoms with Crippen molar-refractivity contribution < 1.29 is 346 Å². The molecule has 0 radical (unpaired) electrons. The van der Waals surface area contributed by atoms with Crippen molar-refractivity contribution in [2.24, 2.45) is 11.8 Å². The molecule has 0 spiro atoms. The summed E-state index contributed by atoms with van der Waals surface area (Å²) in [6, 6.07) is 5.53. The van der Waals surface area contributed by atoms with Crippen LogP contribution in [0.2, 0.25) is 0 Å². The molecule has 0 atom stereocenters. The predicted molar refractivity (Wildman–Crippen MR) is 202 cm³/mol. The number of nitrogens with one attached hydrogen (secondary N) is 1. The third-order valence-corrected chi connectivity index (χ3v) is 8.18. The first kappa shape index (κ1) is 70.5. The number of aromatic nitrogens is 4. The number of carbonyl (C=O) groups excluding carboxylic acids is 1. The monoisotopic (exact) mass is 1400 g/mol. The summed E-state index contributed by atoms with van der Waals surface area (Å²) in [4.78, 5) is 36.5. The largest absolute Gasteiger partial charge is 1.00 e. The van der Waals surface area contributed by atoms with Crippen LogP contribution in [-0.4, -0.2) is 87.2 Å². The standard InChI is InChI=1S/C11H15NO3.3C7H9NO3.C4H7Br.CH2O3.4Cs.H/c1-14-11-5-12-9(6-13)4-10(11)15-7-8-2-3-8;3*1-11-7-3-8-5(4-9)2-6(7)10;5-3-4-1-2-4;2-1-4-3;;;;;/h4-5,8,13H,2-3,6-7H2,1H3;3*2-3,9H,4H2,1H3,(H,8,10);4H,1-3H2;1,3H;;;;;/q;;;;;;4*+1;-1/p-3. The number of nitrogens with zero attached hydrogens (tertiary/aromatic N) is 3. The van der Waals surface area contributed by atoms with E-state index in [1.165, 1.54) is 89.1 Å². The van der Waals surface area contributed by atoms with Crippen LogP contribution in [0, 0.1) is 11.8 Å².